The van der Waals surface area contributed by atoms with Crippen molar-refractivity contribution < 1.29 is 9.90 Å². The van der Waals surface area contributed by atoms with E-state index in [0.717, 1.165) is 27.9 Å². The highest BCUT2D eigenvalue weighted by Crippen LogP contribution is 2.42. The maximum Gasteiger partial charge on any atom is 0.363 e. The number of nitrogens with zero attached hydrogens (tertiary/aromatic N) is 1. The summed E-state index contributed by atoms with van der Waals surface area (Å²) in [6.07, 6.45) is 1.72. The van der Waals surface area contributed by atoms with Crippen LogP contribution in [0.25, 0.3) is 0 Å². The van der Waals surface area contributed by atoms with Crippen LogP contribution in [-0.2, 0) is 4.79 Å². The molecule has 0 saturated carbocycles. The second-order valence-electron chi connectivity index (χ2n) is 4.50. The number of benzene rings is 1. The molecule has 1 aliphatic heterocycles. The predicted molar refractivity (Wildman–Crippen MR) is 88.3 cm³/mol. The van der Waals surface area contributed by atoms with Gasteiger partial charge in [-0.3, -0.25) is 0 Å². The van der Waals surface area contributed by atoms with Crippen molar-refractivity contribution in [2.24, 2.45) is 4.99 Å². The number of nitrogens with two attached hydrogens (primary N) is 1. The van der Waals surface area contributed by atoms with Gasteiger partial charge in [-0.15, -0.1) is 23.1 Å². The molecule has 0 aliphatic carbocycles. The Morgan fingerprint density at radius 1 is 1.43 bits per heavy atom. The maximum atomic E-state index is 11.7. The Morgan fingerprint density at radius 2 is 2.14 bits per heavy atom. The van der Waals surface area contributed by atoms with E-state index in [1.54, 1.807) is 11.6 Å². The van der Waals surface area contributed by atoms with Crippen LogP contribution in [0.3, 0.4) is 0 Å². The fourth-order valence-corrected chi connectivity index (χ4v) is 3.72. The van der Waals surface area contributed by atoms with Gasteiger partial charge in [0.1, 0.15) is 5.00 Å². The number of carboxylic acids is 1. The Hall–Kier alpha value is -1.99. The van der Waals surface area contributed by atoms with Crippen LogP contribution in [0.2, 0.25) is 0 Å². The zero-order chi connectivity index (χ0) is 15.0. The zero-order valence-corrected chi connectivity index (χ0v) is 12.8. The summed E-state index contributed by atoms with van der Waals surface area (Å²) in [5, 5.41) is 15.1. The van der Waals surface area contributed by atoms with Crippen LogP contribution in [0.15, 0.2) is 40.7 Å². The quantitative estimate of drug-likeness (QED) is 0.809. The number of aliphatic carboxylic acids is 1. The van der Waals surface area contributed by atoms with E-state index in [2.05, 4.69) is 10.3 Å². The average molecular weight is 319 g/mol. The maximum absolute atomic E-state index is 11.7. The van der Waals surface area contributed by atoms with Gasteiger partial charge in [-0.2, -0.15) is 0 Å². The minimum Gasteiger partial charge on any atom is -0.477 e. The SMILES string of the molecule is CSC1(C(=O)O)N=C(c2ccccc2)c2c(N)csc2N1. The Bertz CT molecular complexity index is 727. The highest BCUT2D eigenvalue weighted by molar-refractivity contribution is 8.00. The van der Waals surface area contributed by atoms with Crippen LogP contribution >= 0.6 is 23.1 Å². The second kappa shape index (κ2) is 5.09. The van der Waals surface area contributed by atoms with E-state index >= 15 is 0 Å². The summed E-state index contributed by atoms with van der Waals surface area (Å²) in [5.41, 5.74) is 8.87. The molecule has 5 nitrogen and oxygen atoms in total. The third-order valence-corrected chi connectivity index (χ3v) is 5.11. The first-order valence-corrected chi connectivity index (χ1v) is 8.27. The van der Waals surface area contributed by atoms with Gasteiger partial charge in [0, 0.05) is 10.9 Å². The number of rotatable bonds is 3. The Balaban J connectivity index is 2.25. The van der Waals surface area contributed by atoms with Crippen molar-refractivity contribution in [3.05, 3.63) is 46.8 Å². The summed E-state index contributed by atoms with van der Waals surface area (Å²) in [5.74, 6) is -1.03. The van der Waals surface area contributed by atoms with Crippen LogP contribution in [0.4, 0.5) is 10.7 Å². The highest BCUT2D eigenvalue weighted by atomic mass is 32.2. The molecule has 0 spiro atoms. The van der Waals surface area contributed by atoms with Gasteiger partial charge in [-0.25, -0.2) is 9.79 Å². The first-order chi connectivity index (χ1) is 10.1. The summed E-state index contributed by atoms with van der Waals surface area (Å²) in [4.78, 5) is 14.7. The van der Waals surface area contributed by atoms with Crippen molar-refractivity contribution in [2.75, 3.05) is 17.3 Å². The van der Waals surface area contributed by atoms with Crippen LogP contribution in [0.5, 0.6) is 0 Å². The second-order valence-corrected chi connectivity index (χ2v) is 6.38. The Kier molecular flexibility index (Phi) is 3.38. The van der Waals surface area contributed by atoms with Gasteiger partial charge >= 0.3 is 5.97 Å². The first kappa shape index (κ1) is 14.0. The molecule has 3 rings (SSSR count). The predicted octanol–water partition coefficient (Wildman–Crippen LogP) is 2.69. The number of thioether (sulfide) groups is 1. The molecule has 0 radical (unpaired) electrons. The largest absolute Gasteiger partial charge is 0.477 e. The lowest BCUT2D eigenvalue weighted by Gasteiger charge is -2.30. The topological polar surface area (TPSA) is 87.7 Å². The molecule has 2 aromatic rings. The minimum absolute atomic E-state index is 0.602. The number of anilines is 2. The Morgan fingerprint density at radius 3 is 2.76 bits per heavy atom. The van der Waals surface area contributed by atoms with Crippen LogP contribution in [-0.4, -0.2) is 28.0 Å². The van der Waals surface area contributed by atoms with Crippen molar-refractivity contribution >= 4 is 45.5 Å². The van der Waals surface area contributed by atoms with Crippen molar-refractivity contribution in [3.63, 3.8) is 0 Å². The van der Waals surface area contributed by atoms with E-state index in [9.17, 15) is 9.90 Å². The molecular weight excluding hydrogens is 306 g/mol. The lowest BCUT2D eigenvalue weighted by atomic mass is 10.0. The molecule has 1 atom stereocenters. The molecule has 1 unspecified atom stereocenters. The number of fused-ring (bicyclic) bond motifs is 1. The lowest BCUT2D eigenvalue weighted by molar-refractivity contribution is -0.138. The standard InChI is InChI=1S/C14H13N3O2S2/c1-20-14(13(18)19)16-11(8-5-3-2-4-6-8)10-9(15)7-21-12(10)17-14/h2-7,17H,15H2,1H3,(H,18,19). The number of aliphatic imine (C=N–C) groups is 1. The molecule has 1 aromatic heterocycles. The summed E-state index contributed by atoms with van der Waals surface area (Å²) in [6, 6.07) is 9.49. The highest BCUT2D eigenvalue weighted by Gasteiger charge is 2.43. The van der Waals surface area contributed by atoms with Crippen LogP contribution < -0.4 is 11.1 Å². The first-order valence-electron chi connectivity index (χ1n) is 6.17. The minimum atomic E-state index is -1.42. The molecule has 0 saturated heterocycles. The molecule has 0 fully saturated rings. The Labute approximate surface area is 129 Å². The number of carbonyl (C=O) groups is 1. The third-order valence-electron chi connectivity index (χ3n) is 3.24. The molecule has 1 aromatic carbocycles. The summed E-state index contributed by atoms with van der Waals surface area (Å²) in [6.45, 7) is 0. The van der Waals surface area contributed by atoms with Gasteiger partial charge in [-0.1, -0.05) is 30.3 Å². The molecule has 2 heterocycles. The zero-order valence-electron chi connectivity index (χ0n) is 11.2. The lowest BCUT2D eigenvalue weighted by Crippen LogP contribution is -2.44. The van der Waals surface area contributed by atoms with Gasteiger partial charge < -0.3 is 16.2 Å². The molecule has 21 heavy (non-hydrogen) atoms. The average Bonchev–Trinajstić information content (AvgIpc) is 2.88. The van der Waals surface area contributed by atoms with Gasteiger partial charge in [-0.05, 0) is 6.26 Å². The van der Waals surface area contributed by atoms with E-state index < -0.39 is 11.0 Å². The molecular formula is C14H13N3O2S2. The molecule has 0 amide bonds. The molecule has 0 bridgehead atoms. The van der Waals surface area contributed by atoms with Crippen molar-refractivity contribution in [3.8, 4) is 0 Å². The van der Waals surface area contributed by atoms with E-state index in [-0.39, 0.29) is 0 Å². The monoisotopic (exact) mass is 319 g/mol. The van der Waals surface area contributed by atoms with E-state index in [4.69, 9.17) is 5.73 Å². The van der Waals surface area contributed by atoms with Crippen LogP contribution in [0, 0.1) is 0 Å². The summed E-state index contributed by atoms with van der Waals surface area (Å²) < 4.78 is 0. The number of nitrogen functional groups attached to an aromatic ring is 1. The molecule has 7 heteroatoms. The fraction of sp³-hybridized carbons (Fsp3) is 0.143. The van der Waals surface area contributed by atoms with Gasteiger partial charge in [0.25, 0.3) is 4.99 Å². The van der Waals surface area contributed by atoms with Crippen molar-refractivity contribution in [1.82, 2.24) is 0 Å². The van der Waals surface area contributed by atoms with Gasteiger partial charge in [0.15, 0.2) is 0 Å². The molecule has 1 aliphatic rings. The molecule has 108 valence electrons. The number of hydrogen-bond acceptors (Lipinski definition) is 6. The number of carboxylic acid groups (broad SMARTS) is 1. The summed E-state index contributed by atoms with van der Waals surface area (Å²) >= 11 is 2.53. The van der Waals surface area contributed by atoms with Crippen molar-refractivity contribution in [1.29, 1.82) is 0 Å². The fourth-order valence-electron chi connectivity index (χ4n) is 2.19. The van der Waals surface area contributed by atoms with Gasteiger partial charge in [0.2, 0.25) is 0 Å². The number of hydrogen-bond donors (Lipinski definition) is 3. The van der Waals surface area contributed by atoms with Crippen molar-refractivity contribution in [2.45, 2.75) is 4.99 Å². The third kappa shape index (κ3) is 2.18. The smallest absolute Gasteiger partial charge is 0.363 e. The number of thiophene rings is 1. The number of nitrogens with one attached hydrogen (secondary N) is 1. The van der Waals surface area contributed by atoms with E-state index in [0.29, 0.717) is 11.4 Å². The van der Waals surface area contributed by atoms with Crippen LogP contribution in [0.1, 0.15) is 11.1 Å². The summed E-state index contributed by atoms with van der Waals surface area (Å²) in [7, 11) is 0. The van der Waals surface area contributed by atoms with E-state index in [1.165, 1.54) is 11.3 Å². The van der Waals surface area contributed by atoms with E-state index in [1.807, 2.05) is 30.3 Å². The molecule has 4 N–H and O–H groups in total. The normalized spacial score (nSPS) is 20.3. The van der Waals surface area contributed by atoms with Gasteiger partial charge in [0.05, 0.1) is 17.0 Å².